The molecule has 0 bridgehead atoms. The summed E-state index contributed by atoms with van der Waals surface area (Å²) in [6, 6.07) is 8.05. The number of benzene rings is 1. The highest BCUT2D eigenvalue weighted by atomic mass is 16.5. The molecule has 3 heteroatoms. The summed E-state index contributed by atoms with van der Waals surface area (Å²) in [5.41, 5.74) is 3.04. The lowest BCUT2D eigenvalue weighted by Gasteiger charge is -2.08. The van der Waals surface area contributed by atoms with E-state index >= 15 is 0 Å². The van der Waals surface area contributed by atoms with Gasteiger partial charge in [-0.3, -0.25) is 0 Å². The van der Waals surface area contributed by atoms with Crippen LogP contribution in [0.3, 0.4) is 0 Å². The highest BCUT2D eigenvalue weighted by molar-refractivity contribution is 5.69. The van der Waals surface area contributed by atoms with Crippen molar-refractivity contribution in [2.45, 2.75) is 13.3 Å². The Hall–Kier alpha value is -2.16. The Morgan fingerprint density at radius 1 is 1.28 bits per heavy atom. The third-order valence-corrected chi connectivity index (χ3v) is 2.77. The first-order chi connectivity index (χ1) is 8.78. The minimum atomic E-state index is 0.619. The molecule has 0 spiro atoms. The Balaban J connectivity index is 2.45. The average molecular weight is 240 g/mol. The van der Waals surface area contributed by atoms with Gasteiger partial charge in [-0.05, 0) is 11.1 Å². The van der Waals surface area contributed by atoms with Gasteiger partial charge in [0.1, 0.15) is 5.82 Å². The van der Waals surface area contributed by atoms with Crippen LogP contribution in [-0.2, 0) is 6.42 Å². The normalized spacial score (nSPS) is 10.1. The van der Waals surface area contributed by atoms with Gasteiger partial charge in [0.05, 0.1) is 12.7 Å². The SMILES string of the molecule is C=Cc1ccc(-c2cnc(CC)nc2OC)cc1. The van der Waals surface area contributed by atoms with Crippen molar-refractivity contribution in [2.75, 3.05) is 7.11 Å². The van der Waals surface area contributed by atoms with Gasteiger partial charge in [-0.2, -0.15) is 4.98 Å². The Bertz CT molecular complexity index is 547. The Morgan fingerprint density at radius 2 is 2.00 bits per heavy atom. The molecule has 0 atom stereocenters. The van der Waals surface area contributed by atoms with E-state index in [1.165, 1.54) is 0 Å². The fourth-order valence-corrected chi connectivity index (χ4v) is 1.72. The van der Waals surface area contributed by atoms with Crippen molar-refractivity contribution in [3.63, 3.8) is 0 Å². The van der Waals surface area contributed by atoms with Gasteiger partial charge in [0.2, 0.25) is 5.88 Å². The molecule has 0 saturated heterocycles. The van der Waals surface area contributed by atoms with Crippen LogP contribution < -0.4 is 4.74 Å². The third kappa shape index (κ3) is 2.40. The maximum atomic E-state index is 5.33. The molecule has 92 valence electrons. The summed E-state index contributed by atoms with van der Waals surface area (Å²) < 4.78 is 5.33. The van der Waals surface area contributed by atoms with Gasteiger partial charge >= 0.3 is 0 Å². The average Bonchev–Trinajstić information content (AvgIpc) is 2.46. The quantitative estimate of drug-likeness (QED) is 0.822. The number of hydrogen-bond donors (Lipinski definition) is 0. The highest BCUT2D eigenvalue weighted by Crippen LogP contribution is 2.27. The van der Waals surface area contributed by atoms with E-state index in [0.717, 1.165) is 28.9 Å². The molecule has 0 aliphatic carbocycles. The van der Waals surface area contributed by atoms with Gasteiger partial charge < -0.3 is 4.74 Å². The summed E-state index contributed by atoms with van der Waals surface area (Å²) in [5.74, 6) is 1.41. The monoisotopic (exact) mass is 240 g/mol. The molecule has 1 aromatic heterocycles. The summed E-state index contributed by atoms with van der Waals surface area (Å²) in [5, 5.41) is 0. The Kier molecular flexibility index (Phi) is 3.72. The van der Waals surface area contributed by atoms with Gasteiger partial charge in [-0.25, -0.2) is 4.98 Å². The van der Waals surface area contributed by atoms with Gasteiger partial charge in [0, 0.05) is 12.6 Å². The smallest absolute Gasteiger partial charge is 0.224 e. The fraction of sp³-hybridized carbons (Fsp3) is 0.200. The van der Waals surface area contributed by atoms with Crippen molar-refractivity contribution in [3.05, 3.63) is 48.4 Å². The maximum absolute atomic E-state index is 5.33. The molecule has 18 heavy (non-hydrogen) atoms. The minimum absolute atomic E-state index is 0.619. The molecule has 0 N–H and O–H groups in total. The van der Waals surface area contributed by atoms with Crippen molar-refractivity contribution < 1.29 is 4.74 Å². The molecule has 1 aromatic carbocycles. The predicted molar refractivity (Wildman–Crippen MR) is 73.5 cm³/mol. The summed E-state index contributed by atoms with van der Waals surface area (Å²) in [7, 11) is 1.63. The second kappa shape index (κ2) is 5.45. The van der Waals surface area contributed by atoms with E-state index in [1.54, 1.807) is 7.11 Å². The number of hydrogen-bond acceptors (Lipinski definition) is 3. The zero-order valence-electron chi connectivity index (χ0n) is 10.7. The van der Waals surface area contributed by atoms with Crippen LogP contribution in [0, 0.1) is 0 Å². The minimum Gasteiger partial charge on any atom is -0.480 e. The third-order valence-electron chi connectivity index (χ3n) is 2.77. The number of methoxy groups -OCH3 is 1. The topological polar surface area (TPSA) is 35.0 Å². The molecule has 2 aromatic rings. The Labute approximate surface area is 107 Å². The highest BCUT2D eigenvalue weighted by Gasteiger charge is 2.08. The van der Waals surface area contributed by atoms with E-state index in [4.69, 9.17) is 4.74 Å². The van der Waals surface area contributed by atoms with E-state index in [1.807, 2.05) is 43.5 Å². The molecular formula is C15H16N2O. The second-order valence-corrected chi connectivity index (χ2v) is 3.89. The van der Waals surface area contributed by atoms with Crippen LogP contribution in [0.5, 0.6) is 5.88 Å². The zero-order valence-corrected chi connectivity index (χ0v) is 10.7. The van der Waals surface area contributed by atoms with Crippen LogP contribution in [0.25, 0.3) is 17.2 Å². The van der Waals surface area contributed by atoms with Crippen molar-refractivity contribution >= 4 is 6.08 Å². The van der Waals surface area contributed by atoms with Crippen molar-refractivity contribution in [2.24, 2.45) is 0 Å². The number of rotatable bonds is 4. The second-order valence-electron chi connectivity index (χ2n) is 3.89. The molecular weight excluding hydrogens is 224 g/mol. The van der Waals surface area contributed by atoms with E-state index in [2.05, 4.69) is 16.5 Å². The standard InChI is InChI=1S/C15H16N2O/c1-4-11-6-8-12(9-7-11)13-10-16-14(5-2)17-15(13)18-3/h4,6-10H,1,5H2,2-3H3. The molecule has 0 unspecified atom stereocenters. The molecule has 0 aliphatic heterocycles. The van der Waals surface area contributed by atoms with Gasteiger partial charge in [-0.1, -0.05) is 43.8 Å². The lowest BCUT2D eigenvalue weighted by Crippen LogP contribution is -1.98. The van der Waals surface area contributed by atoms with E-state index in [0.29, 0.717) is 5.88 Å². The molecule has 3 nitrogen and oxygen atoms in total. The fourth-order valence-electron chi connectivity index (χ4n) is 1.72. The predicted octanol–water partition coefficient (Wildman–Crippen LogP) is 3.36. The lowest BCUT2D eigenvalue weighted by atomic mass is 10.1. The first-order valence-electron chi connectivity index (χ1n) is 5.91. The van der Waals surface area contributed by atoms with E-state index < -0.39 is 0 Å². The van der Waals surface area contributed by atoms with Gasteiger partial charge in [-0.15, -0.1) is 0 Å². The molecule has 0 saturated carbocycles. The first-order valence-corrected chi connectivity index (χ1v) is 5.91. The summed E-state index contributed by atoms with van der Waals surface area (Å²) in [6.07, 6.45) is 4.43. The van der Waals surface area contributed by atoms with Crippen LogP contribution in [0.4, 0.5) is 0 Å². The largest absolute Gasteiger partial charge is 0.480 e. The molecule has 0 fully saturated rings. The van der Waals surface area contributed by atoms with Gasteiger partial charge in [0.15, 0.2) is 0 Å². The maximum Gasteiger partial charge on any atom is 0.224 e. The summed E-state index contributed by atoms with van der Waals surface area (Å²) in [4.78, 5) is 8.69. The molecule has 0 radical (unpaired) electrons. The zero-order chi connectivity index (χ0) is 13.0. The van der Waals surface area contributed by atoms with Crippen molar-refractivity contribution in [3.8, 4) is 17.0 Å². The van der Waals surface area contributed by atoms with Crippen molar-refractivity contribution in [1.82, 2.24) is 9.97 Å². The van der Waals surface area contributed by atoms with Crippen LogP contribution >= 0.6 is 0 Å². The molecule has 0 amide bonds. The number of aromatic nitrogens is 2. The molecule has 2 rings (SSSR count). The van der Waals surface area contributed by atoms with E-state index in [9.17, 15) is 0 Å². The summed E-state index contributed by atoms with van der Waals surface area (Å²) in [6.45, 7) is 5.76. The number of nitrogens with zero attached hydrogens (tertiary/aromatic N) is 2. The number of ether oxygens (including phenoxy) is 1. The van der Waals surface area contributed by atoms with Crippen molar-refractivity contribution in [1.29, 1.82) is 0 Å². The van der Waals surface area contributed by atoms with Gasteiger partial charge in [0.25, 0.3) is 0 Å². The van der Waals surface area contributed by atoms with Crippen LogP contribution in [-0.4, -0.2) is 17.1 Å². The molecule has 0 aliphatic rings. The van der Waals surface area contributed by atoms with E-state index in [-0.39, 0.29) is 0 Å². The molecule has 1 heterocycles. The Morgan fingerprint density at radius 3 is 2.56 bits per heavy atom. The van der Waals surface area contributed by atoms with Crippen LogP contribution in [0.2, 0.25) is 0 Å². The summed E-state index contributed by atoms with van der Waals surface area (Å²) >= 11 is 0. The first kappa shape index (κ1) is 12.3. The lowest BCUT2D eigenvalue weighted by molar-refractivity contribution is 0.397. The van der Waals surface area contributed by atoms with Crippen LogP contribution in [0.1, 0.15) is 18.3 Å². The number of aryl methyl sites for hydroxylation is 1. The van der Waals surface area contributed by atoms with Crippen LogP contribution in [0.15, 0.2) is 37.0 Å².